The summed E-state index contributed by atoms with van der Waals surface area (Å²) in [5, 5.41) is 1.12. The summed E-state index contributed by atoms with van der Waals surface area (Å²) in [4.78, 5) is 8.57. The lowest BCUT2D eigenvalue weighted by atomic mass is 10.3. The number of rotatable bonds is 2. The largest absolute Gasteiger partial charge is 0.331 e. The number of hydrogen-bond acceptors (Lipinski definition) is 3. The van der Waals surface area contributed by atoms with Gasteiger partial charge in [0.05, 0.1) is 23.1 Å². The lowest BCUT2D eigenvalue weighted by Crippen LogP contribution is -1.94. The quantitative estimate of drug-likeness (QED) is 0.657. The first-order valence-electron chi connectivity index (χ1n) is 4.72. The molecule has 0 fully saturated rings. The van der Waals surface area contributed by atoms with Crippen molar-refractivity contribution >= 4 is 21.6 Å². The van der Waals surface area contributed by atoms with Crippen molar-refractivity contribution in [2.45, 2.75) is 6.54 Å². The van der Waals surface area contributed by atoms with Crippen LogP contribution in [0.3, 0.4) is 0 Å². The van der Waals surface area contributed by atoms with Crippen LogP contribution in [0.25, 0.3) is 10.2 Å². The number of benzene rings is 1. The molecular weight excluding hydrogens is 206 g/mol. The van der Waals surface area contributed by atoms with Crippen LogP contribution in [0.4, 0.5) is 0 Å². The molecule has 3 nitrogen and oxygen atoms in total. The molecule has 2 aromatic heterocycles. The third kappa shape index (κ3) is 1.64. The van der Waals surface area contributed by atoms with Gasteiger partial charge in [-0.25, -0.2) is 9.97 Å². The fourth-order valence-electron chi connectivity index (χ4n) is 1.52. The Hall–Kier alpha value is -1.68. The van der Waals surface area contributed by atoms with E-state index in [0.29, 0.717) is 0 Å². The van der Waals surface area contributed by atoms with Crippen LogP contribution in [0, 0.1) is 0 Å². The van der Waals surface area contributed by atoms with Crippen LogP contribution in [0.1, 0.15) is 5.01 Å². The van der Waals surface area contributed by atoms with Gasteiger partial charge in [-0.2, -0.15) is 0 Å². The van der Waals surface area contributed by atoms with Crippen LogP contribution >= 0.6 is 11.3 Å². The zero-order chi connectivity index (χ0) is 10.1. The van der Waals surface area contributed by atoms with Crippen molar-refractivity contribution in [2.24, 2.45) is 0 Å². The first-order valence-corrected chi connectivity index (χ1v) is 5.54. The number of aromatic nitrogens is 3. The van der Waals surface area contributed by atoms with E-state index in [1.165, 1.54) is 4.70 Å². The molecule has 0 amide bonds. The summed E-state index contributed by atoms with van der Waals surface area (Å²) in [5.74, 6) is 0. The van der Waals surface area contributed by atoms with Gasteiger partial charge in [0.2, 0.25) is 0 Å². The van der Waals surface area contributed by atoms with E-state index < -0.39 is 0 Å². The first-order chi connectivity index (χ1) is 7.42. The number of thiazole rings is 1. The average Bonchev–Trinajstić information content (AvgIpc) is 2.86. The molecule has 0 N–H and O–H groups in total. The summed E-state index contributed by atoms with van der Waals surface area (Å²) in [6, 6.07) is 8.21. The van der Waals surface area contributed by atoms with E-state index in [9.17, 15) is 0 Å². The smallest absolute Gasteiger partial charge is 0.114 e. The fourth-order valence-corrected chi connectivity index (χ4v) is 2.50. The molecule has 0 saturated heterocycles. The molecule has 2 heterocycles. The second-order valence-electron chi connectivity index (χ2n) is 3.31. The van der Waals surface area contributed by atoms with E-state index in [2.05, 4.69) is 16.0 Å². The molecule has 0 atom stereocenters. The summed E-state index contributed by atoms with van der Waals surface area (Å²) in [7, 11) is 0. The number of hydrogen-bond donors (Lipinski definition) is 0. The minimum atomic E-state index is 0.805. The van der Waals surface area contributed by atoms with Gasteiger partial charge in [-0.05, 0) is 12.1 Å². The molecule has 0 saturated carbocycles. The average molecular weight is 215 g/mol. The summed E-state index contributed by atoms with van der Waals surface area (Å²) >= 11 is 1.74. The van der Waals surface area contributed by atoms with E-state index in [1.54, 1.807) is 17.5 Å². The molecule has 0 unspecified atom stereocenters. The van der Waals surface area contributed by atoms with Crippen LogP contribution in [-0.2, 0) is 6.54 Å². The van der Waals surface area contributed by atoms with Crippen molar-refractivity contribution in [3.05, 3.63) is 48.0 Å². The van der Waals surface area contributed by atoms with Gasteiger partial charge in [-0.15, -0.1) is 11.3 Å². The van der Waals surface area contributed by atoms with Crippen molar-refractivity contribution in [1.82, 2.24) is 14.5 Å². The second-order valence-corrected chi connectivity index (χ2v) is 4.43. The highest BCUT2D eigenvalue weighted by molar-refractivity contribution is 7.18. The monoisotopic (exact) mass is 215 g/mol. The van der Waals surface area contributed by atoms with Crippen LogP contribution in [-0.4, -0.2) is 14.5 Å². The molecule has 0 aliphatic rings. The Morgan fingerprint density at radius 2 is 2.20 bits per heavy atom. The number of nitrogens with zero attached hydrogens (tertiary/aromatic N) is 3. The Morgan fingerprint density at radius 3 is 3.00 bits per heavy atom. The molecule has 0 aliphatic heterocycles. The van der Waals surface area contributed by atoms with Crippen LogP contribution in [0.15, 0.2) is 43.0 Å². The Kier molecular flexibility index (Phi) is 1.99. The van der Waals surface area contributed by atoms with Gasteiger partial charge in [-0.3, -0.25) is 0 Å². The standard InChI is InChI=1S/C11H9N3S/c1-2-4-10-9(3-1)13-11(15-10)7-14-6-5-12-8-14/h1-6,8H,7H2. The third-order valence-corrected chi connectivity index (χ3v) is 3.24. The molecule has 4 heteroatoms. The summed E-state index contributed by atoms with van der Waals surface area (Å²) < 4.78 is 3.27. The molecule has 1 aromatic carbocycles. The van der Waals surface area contributed by atoms with Crippen molar-refractivity contribution in [3.63, 3.8) is 0 Å². The molecule has 3 rings (SSSR count). The highest BCUT2D eigenvalue weighted by Gasteiger charge is 2.02. The minimum Gasteiger partial charge on any atom is -0.331 e. The maximum absolute atomic E-state index is 4.56. The molecule has 0 radical (unpaired) electrons. The van der Waals surface area contributed by atoms with Gasteiger partial charge in [0.15, 0.2) is 0 Å². The molecular formula is C11H9N3S. The van der Waals surface area contributed by atoms with Crippen molar-refractivity contribution in [1.29, 1.82) is 0 Å². The minimum absolute atomic E-state index is 0.805. The van der Waals surface area contributed by atoms with Gasteiger partial charge in [0.25, 0.3) is 0 Å². The Labute approximate surface area is 91.0 Å². The van der Waals surface area contributed by atoms with Crippen LogP contribution in [0.2, 0.25) is 0 Å². The van der Waals surface area contributed by atoms with Crippen LogP contribution < -0.4 is 0 Å². The van der Waals surface area contributed by atoms with E-state index >= 15 is 0 Å². The highest BCUT2D eigenvalue weighted by Crippen LogP contribution is 2.21. The molecule has 0 aliphatic carbocycles. The molecule has 0 bridgehead atoms. The van der Waals surface area contributed by atoms with Crippen molar-refractivity contribution in [2.75, 3.05) is 0 Å². The Morgan fingerprint density at radius 1 is 1.27 bits per heavy atom. The lowest BCUT2D eigenvalue weighted by Gasteiger charge is -1.95. The van der Waals surface area contributed by atoms with E-state index in [1.807, 2.05) is 35.3 Å². The molecule has 15 heavy (non-hydrogen) atoms. The Bertz CT molecular complexity index is 535. The second kappa shape index (κ2) is 3.47. The molecule has 0 spiro atoms. The number of fused-ring (bicyclic) bond motifs is 1. The zero-order valence-corrected chi connectivity index (χ0v) is 8.81. The third-order valence-electron chi connectivity index (χ3n) is 2.22. The van der Waals surface area contributed by atoms with E-state index in [-0.39, 0.29) is 0 Å². The predicted molar refractivity (Wildman–Crippen MR) is 60.9 cm³/mol. The number of para-hydroxylation sites is 1. The maximum atomic E-state index is 4.56. The molecule has 3 aromatic rings. The highest BCUT2D eigenvalue weighted by atomic mass is 32.1. The van der Waals surface area contributed by atoms with Crippen molar-refractivity contribution < 1.29 is 0 Å². The summed E-state index contributed by atoms with van der Waals surface area (Å²) in [6.07, 6.45) is 5.55. The fraction of sp³-hybridized carbons (Fsp3) is 0.0909. The van der Waals surface area contributed by atoms with Crippen molar-refractivity contribution in [3.8, 4) is 0 Å². The van der Waals surface area contributed by atoms with Gasteiger partial charge < -0.3 is 4.57 Å². The maximum Gasteiger partial charge on any atom is 0.114 e. The van der Waals surface area contributed by atoms with Crippen LogP contribution in [0.5, 0.6) is 0 Å². The first kappa shape index (κ1) is 8.61. The lowest BCUT2D eigenvalue weighted by molar-refractivity contribution is 0.792. The van der Waals surface area contributed by atoms with Gasteiger partial charge in [-0.1, -0.05) is 12.1 Å². The zero-order valence-electron chi connectivity index (χ0n) is 8.00. The summed E-state index contributed by atoms with van der Waals surface area (Å²) in [6.45, 7) is 0.805. The molecule has 74 valence electrons. The SMILES string of the molecule is c1ccc2sc(Cn3ccnc3)nc2c1. The van der Waals surface area contributed by atoms with Gasteiger partial charge in [0.1, 0.15) is 5.01 Å². The predicted octanol–water partition coefficient (Wildman–Crippen LogP) is 2.54. The van der Waals surface area contributed by atoms with Gasteiger partial charge >= 0.3 is 0 Å². The van der Waals surface area contributed by atoms with Gasteiger partial charge in [0, 0.05) is 12.4 Å². The Balaban J connectivity index is 1.98. The van der Waals surface area contributed by atoms with E-state index in [0.717, 1.165) is 17.1 Å². The normalized spacial score (nSPS) is 10.9. The topological polar surface area (TPSA) is 30.7 Å². The summed E-state index contributed by atoms with van der Waals surface area (Å²) in [5.41, 5.74) is 1.08. The van der Waals surface area contributed by atoms with E-state index in [4.69, 9.17) is 0 Å². The number of imidazole rings is 1.